The van der Waals surface area contributed by atoms with Gasteiger partial charge in [-0.2, -0.15) is 10.4 Å². The molecule has 2 amide bonds. The first-order valence-corrected chi connectivity index (χ1v) is 11.0. The summed E-state index contributed by atoms with van der Waals surface area (Å²) in [6.07, 6.45) is 1.50. The lowest BCUT2D eigenvalue weighted by molar-refractivity contribution is -0.121. The van der Waals surface area contributed by atoms with Gasteiger partial charge in [-0.25, -0.2) is 5.43 Å². The Morgan fingerprint density at radius 2 is 1.72 bits per heavy atom. The van der Waals surface area contributed by atoms with E-state index in [1.165, 1.54) is 24.4 Å². The third-order valence-corrected chi connectivity index (χ3v) is 5.33. The molecule has 0 atom stereocenters. The third kappa shape index (κ3) is 5.91. The zero-order chi connectivity index (χ0) is 25.3. The van der Waals surface area contributed by atoms with E-state index in [0.717, 1.165) is 21.9 Å². The Bertz CT molecular complexity index is 1480. The summed E-state index contributed by atoms with van der Waals surface area (Å²) in [7, 11) is 0. The number of anilines is 1. The van der Waals surface area contributed by atoms with Crippen molar-refractivity contribution in [1.29, 1.82) is 5.26 Å². The normalized spacial score (nSPS) is 10.8. The van der Waals surface area contributed by atoms with Gasteiger partial charge in [0.15, 0.2) is 0 Å². The summed E-state index contributed by atoms with van der Waals surface area (Å²) in [5.74, 6) is -0.985. The van der Waals surface area contributed by atoms with Gasteiger partial charge >= 0.3 is 0 Å². The van der Waals surface area contributed by atoms with E-state index in [0.29, 0.717) is 12.3 Å². The van der Waals surface area contributed by atoms with Crippen molar-refractivity contribution >= 4 is 34.5 Å². The number of amides is 2. The number of ether oxygens (including phenoxy) is 1. The molecular formula is C28H22N4O4. The topological polar surface area (TPSA) is 124 Å². The molecule has 178 valence electrons. The van der Waals surface area contributed by atoms with E-state index >= 15 is 0 Å². The minimum absolute atomic E-state index is 0.000672. The number of hydrazone groups is 1. The fourth-order valence-corrected chi connectivity index (χ4v) is 3.56. The maximum atomic E-state index is 12.4. The minimum Gasteiger partial charge on any atom is -0.507 e. The van der Waals surface area contributed by atoms with Gasteiger partial charge < -0.3 is 15.2 Å². The van der Waals surface area contributed by atoms with E-state index < -0.39 is 5.91 Å². The Balaban J connectivity index is 1.42. The van der Waals surface area contributed by atoms with Crippen molar-refractivity contribution in [3.05, 3.63) is 107 Å². The summed E-state index contributed by atoms with van der Waals surface area (Å²) < 4.78 is 5.52. The van der Waals surface area contributed by atoms with Gasteiger partial charge in [-0.05, 0) is 35.2 Å². The maximum Gasteiger partial charge on any atom is 0.271 e. The van der Waals surface area contributed by atoms with Crippen LogP contribution in [0.5, 0.6) is 5.75 Å². The van der Waals surface area contributed by atoms with Crippen molar-refractivity contribution < 1.29 is 19.4 Å². The number of nitriles is 1. The molecule has 0 aliphatic carbocycles. The van der Waals surface area contributed by atoms with E-state index in [9.17, 15) is 14.7 Å². The molecule has 0 saturated heterocycles. The van der Waals surface area contributed by atoms with Crippen molar-refractivity contribution in [2.45, 2.75) is 6.61 Å². The van der Waals surface area contributed by atoms with Crippen LogP contribution in [0, 0.1) is 11.3 Å². The summed E-state index contributed by atoms with van der Waals surface area (Å²) in [5.41, 5.74) is 4.96. The zero-order valence-electron chi connectivity index (χ0n) is 19.1. The van der Waals surface area contributed by atoms with Crippen LogP contribution < -0.4 is 10.7 Å². The van der Waals surface area contributed by atoms with Gasteiger partial charge in [-0.15, -0.1) is 0 Å². The fraction of sp³-hybridized carbons (Fsp3) is 0.0714. The molecule has 0 aliphatic rings. The number of phenolic OH excluding ortho intramolecular Hbond substituents is 1. The van der Waals surface area contributed by atoms with E-state index in [2.05, 4.69) is 15.8 Å². The molecule has 0 bridgehead atoms. The Morgan fingerprint density at radius 3 is 2.50 bits per heavy atom. The minimum atomic E-state index is -0.522. The van der Waals surface area contributed by atoms with E-state index in [-0.39, 0.29) is 29.4 Å². The van der Waals surface area contributed by atoms with Crippen molar-refractivity contribution in [3.63, 3.8) is 0 Å². The van der Waals surface area contributed by atoms with E-state index in [1.54, 1.807) is 12.1 Å². The Labute approximate surface area is 207 Å². The van der Waals surface area contributed by atoms with Gasteiger partial charge in [-0.3, -0.25) is 9.59 Å². The van der Waals surface area contributed by atoms with Crippen molar-refractivity contribution in [2.75, 3.05) is 11.9 Å². The molecule has 4 aromatic carbocycles. The Hall–Kier alpha value is -5.00. The van der Waals surface area contributed by atoms with E-state index in [1.807, 2.05) is 60.7 Å². The average Bonchev–Trinajstić information content (AvgIpc) is 2.90. The van der Waals surface area contributed by atoms with Crippen LogP contribution in [-0.2, 0) is 16.1 Å². The molecule has 0 saturated carbocycles. The molecule has 3 N–H and O–H groups in total. The Morgan fingerprint density at radius 1 is 0.972 bits per heavy atom. The quantitative estimate of drug-likeness (QED) is 0.257. The number of fused-ring (bicyclic) bond motifs is 1. The molecule has 36 heavy (non-hydrogen) atoms. The molecule has 0 spiro atoms. The molecule has 0 fully saturated rings. The van der Waals surface area contributed by atoms with Crippen LogP contribution in [-0.4, -0.2) is 29.7 Å². The highest BCUT2D eigenvalue weighted by Crippen LogP contribution is 2.26. The summed E-state index contributed by atoms with van der Waals surface area (Å²) in [6.45, 7) is 0.265. The highest BCUT2D eigenvalue weighted by molar-refractivity contribution is 6.08. The number of carbonyl (C=O) groups excluding carboxylic acids is 2. The predicted octanol–water partition coefficient (Wildman–Crippen LogP) is 4.34. The van der Waals surface area contributed by atoms with Gasteiger partial charge in [0, 0.05) is 22.2 Å². The maximum absolute atomic E-state index is 12.4. The molecule has 4 aromatic rings. The first kappa shape index (κ1) is 24.1. The van der Waals surface area contributed by atoms with Crippen molar-refractivity contribution in [1.82, 2.24) is 5.43 Å². The summed E-state index contributed by atoms with van der Waals surface area (Å²) in [5, 5.41) is 27.2. The highest BCUT2D eigenvalue weighted by atomic mass is 16.5. The van der Waals surface area contributed by atoms with Crippen LogP contribution in [0.3, 0.4) is 0 Å². The lowest BCUT2D eigenvalue weighted by Crippen LogP contribution is -2.18. The molecule has 0 heterocycles. The molecule has 0 unspecified atom stereocenters. The first-order chi connectivity index (χ1) is 17.5. The molecule has 0 aromatic heterocycles. The van der Waals surface area contributed by atoms with Gasteiger partial charge in [0.25, 0.3) is 5.91 Å². The Kier molecular flexibility index (Phi) is 7.66. The average molecular weight is 479 g/mol. The van der Waals surface area contributed by atoms with Crippen LogP contribution in [0.25, 0.3) is 10.8 Å². The second kappa shape index (κ2) is 11.4. The smallest absolute Gasteiger partial charge is 0.271 e. The van der Waals surface area contributed by atoms with E-state index in [4.69, 9.17) is 10.00 Å². The first-order valence-electron chi connectivity index (χ1n) is 11.0. The third-order valence-electron chi connectivity index (χ3n) is 5.33. The van der Waals surface area contributed by atoms with Gasteiger partial charge in [0.1, 0.15) is 18.4 Å². The van der Waals surface area contributed by atoms with Gasteiger partial charge in [-0.1, -0.05) is 60.7 Å². The fourth-order valence-electron chi connectivity index (χ4n) is 3.56. The second-order valence-electron chi connectivity index (χ2n) is 7.82. The summed E-state index contributed by atoms with van der Waals surface area (Å²) in [4.78, 5) is 24.8. The summed E-state index contributed by atoms with van der Waals surface area (Å²) >= 11 is 0. The number of carbonyl (C=O) groups is 2. The lowest BCUT2D eigenvalue weighted by atomic mass is 10.0. The van der Waals surface area contributed by atoms with Crippen LogP contribution in [0.4, 0.5) is 5.69 Å². The lowest BCUT2D eigenvalue weighted by Gasteiger charge is -2.11. The molecule has 0 radical (unpaired) electrons. The van der Waals surface area contributed by atoms with Gasteiger partial charge in [0.2, 0.25) is 5.91 Å². The SMILES string of the molecule is N#Cc1cc(C(=O)NN=Cc2ccc(NC(=O)COCc3ccccc3)c3ccccc23)ccc1O. The van der Waals surface area contributed by atoms with Crippen LogP contribution in [0.15, 0.2) is 90.0 Å². The van der Waals surface area contributed by atoms with Crippen molar-refractivity contribution in [3.8, 4) is 11.8 Å². The molecule has 0 aliphatic heterocycles. The molecule has 4 rings (SSSR count). The molecule has 8 nitrogen and oxygen atoms in total. The number of hydrogen-bond donors (Lipinski definition) is 3. The number of nitrogens with zero attached hydrogens (tertiary/aromatic N) is 2. The molecular weight excluding hydrogens is 456 g/mol. The van der Waals surface area contributed by atoms with Crippen molar-refractivity contribution in [2.24, 2.45) is 5.10 Å². The zero-order valence-corrected chi connectivity index (χ0v) is 19.1. The van der Waals surface area contributed by atoms with Crippen LogP contribution in [0.1, 0.15) is 27.0 Å². The highest BCUT2D eigenvalue weighted by Gasteiger charge is 2.10. The standard InChI is InChI=1S/C28H22N4O4/c29-15-22-14-20(11-13-26(22)33)28(35)32-30-16-21-10-12-25(24-9-5-4-8-23(21)24)31-27(34)18-36-17-19-6-2-1-3-7-19/h1-14,16,33H,17-18H2,(H,31,34)(H,32,35). The van der Waals surface area contributed by atoms with Crippen LogP contribution >= 0.6 is 0 Å². The largest absolute Gasteiger partial charge is 0.507 e. The number of phenols is 1. The molecule has 8 heteroatoms. The number of benzene rings is 4. The summed E-state index contributed by atoms with van der Waals surface area (Å²) in [6, 6.07) is 26.5. The number of hydrogen-bond acceptors (Lipinski definition) is 6. The number of rotatable bonds is 8. The van der Waals surface area contributed by atoms with Gasteiger partial charge in [0.05, 0.1) is 18.4 Å². The number of aromatic hydroxyl groups is 1. The monoisotopic (exact) mass is 478 g/mol. The number of nitrogens with one attached hydrogen (secondary N) is 2. The predicted molar refractivity (Wildman–Crippen MR) is 137 cm³/mol. The van der Waals surface area contributed by atoms with Crippen LogP contribution in [0.2, 0.25) is 0 Å². The second-order valence-corrected chi connectivity index (χ2v) is 7.82.